The van der Waals surface area contributed by atoms with Crippen molar-refractivity contribution in [3.63, 3.8) is 0 Å². The molecule has 0 unspecified atom stereocenters. The van der Waals surface area contributed by atoms with E-state index in [0.29, 0.717) is 11.4 Å². The minimum absolute atomic E-state index is 0.181. The molecule has 94 valence electrons. The molecule has 18 heavy (non-hydrogen) atoms. The maximum absolute atomic E-state index is 9.98. The molecular formula is C12H15N5O. The fraction of sp³-hybridized carbons (Fsp3) is 0.167. The van der Waals surface area contributed by atoms with E-state index in [2.05, 4.69) is 5.10 Å². The molecule has 0 atom stereocenters. The Balaban J connectivity index is 2.25. The summed E-state index contributed by atoms with van der Waals surface area (Å²) < 4.78 is 1.20. The van der Waals surface area contributed by atoms with Crippen LogP contribution in [0.15, 0.2) is 36.7 Å². The molecular weight excluding hydrogens is 230 g/mol. The Kier molecular flexibility index (Phi) is 3.29. The zero-order chi connectivity index (χ0) is 13.1. The van der Waals surface area contributed by atoms with Crippen LogP contribution in [0.4, 0.5) is 11.4 Å². The summed E-state index contributed by atoms with van der Waals surface area (Å²) in [7, 11) is 0. The van der Waals surface area contributed by atoms with Gasteiger partial charge < -0.3 is 5.73 Å². The number of nitrogen functional groups attached to an aromatic ring is 1. The fourth-order valence-electron chi connectivity index (χ4n) is 1.58. The number of hydroxylamine groups is 1. The lowest BCUT2D eigenvalue weighted by molar-refractivity contribution is 0.306. The predicted molar refractivity (Wildman–Crippen MR) is 69.8 cm³/mol. The number of aryl methyl sites for hydroxylation is 1. The van der Waals surface area contributed by atoms with E-state index in [1.54, 1.807) is 6.07 Å². The summed E-state index contributed by atoms with van der Waals surface area (Å²) in [5, 5.41) is 22.5. The first-order valence-corrected chi connectivity index (χ1v) is 5.59. The highest BCUT2D eigenvalue weighted by Crippen LogP contribution is 2.15. The summed E-state index contributed by atoms with van der Waals surface area (Å²) in [6, 6.07) is 7.34. The summed E-state index contributed by atoms with van der Waals surface area (Å²) in [4.78, 5) is 0. The average Bonchev–Trinajstić information content (AvgIpc) is 2.83. The molecule has 6 heteroatoms. The van der Waals surface area contributed by atoms with Gasteiger partial charge in [0.15, 0.2) is 0 Å². The zero-order valence-corrected chi connectivity index (χ0v) is 10.0. The van der Waals surface area contributed by atoms with Gasteiger partial charge in [0.25, 0.3) is 0 Å². The molecule has 0 amide bonds. The topological polar surface area (TPSA) is 91.2 Å². The molecule has 1 aromatic heterocycles. The normalized spacial score (nSPS) is 10.3. The van der Waals surface area contributed by atoms with E-state index in [4.69, 9.17) is 11.1 Å². The number of nitrogens with two attached hydrogens (primary N) is 1. The second-order valence-electron chi connectivity index (χ2n) is 3.88. The summed E-state index contributed by atoms with van der Waals surface area (Å²) in [5.41, 5.74) is 7.57. The highest BCUT2D eigenvalue weighted by atomic mass is 16.5. The third-order valence-electron chi connectivity index (χ3n) is 2.58. The van der Waals surface area contributed by atoms with Crippen LogP contribution >= 0.6 is 0 Å². The van der Waals surface area contributed by atoms with Gasteiger partial charge in [0.05, 0.1) is 23.8 Å². The van der Waals surface area contributed by atoms with Gasteiger partial charge in [-0.1, -0.05) is 19.1 Å². The van der Waals surface area contributed by atoms with E-state index in [9.17, 15) is 5.21 Å². The first kappa shape index (κ1) is 12.1. The van der Waals surface area contributed by atoms with Crippen molar-refractivity contribution in [2.45, 2.75) is 13.3 Å². The monoisotopic (exact) mass is 245 g/mol. The zero-order valence-electron chi connectivity index (χ0n) is 10.0. The van der Waals surface area contributed by atoms with Crippen molar-refractivity contribution >= 4 is 17.3 Å². The van der Waals surface area contributed by atoms with E-state index in [0.717, 1.165) is 17.0 Å². The van der Waals surface area contributed by atoms with Crippen LogP contribution in [0.5, 0.6) is 0 Å². The first-order chi connectivity index (χ1) is 8.61. The SMILES string of the molecule is CCc1cccc(N(O)C(=N)n2cc(N)cn2)c1. The molecule has 1 aromatic carbocycles. The molecule has 0 aliphatic heterocycles. The molecule has 0 fully saturated rings. The smallest absolute Gasteiger partial charge is 0.248 e. The lowest BCUT2D eigenvalue weighted by atomic mass is 10.1. The Hall–Kier alpha value is -2.34. The Morgan fingerprint density at radius 3 is 2.94 bits per heavy atom. The number of aromatic nitrogens is 2. The van der Waals surface area contributed by atoms with Crippen LogP contribution in [0.1, 0.15) is 12.5 Å². The molecule has 0 saturated heterocycles. The van der Waals surface area contributed by atoms with Crippen LogP contribution in [0.3, 0.4) is 0 Å². The van der Waals surface area contributed by atoms with Crippen molar-refractivity contribution in [3.05, 3.63) is 42.2 Å². The highest BCUT2D eigenvalue weighted by molar-refractivity contribution is 5.92. The van der Waals surface area contributed by atoms with Crippen molar-refractivity contribution in [3.8, 4) is 0 Å². The molecule has 2 rings (SSSR count). The van der Waals surface area contributed by atoms with Gasteiger partial charge in [0.2, 0.25) is 5.96 Å². The molecule has 6 nitrogen and oxygen atoms in total. The Morgan fingerprint density at radius 1 is 1.56 bits per heavy atom. The standard InChI is InChI=1S/C12H15N5O/c1-2-9-4-3-5-11(6-9)17(18)12(14)16-8-10(13)7-15-16/h3-8,14,18H,2,13H2,1H3. The summed E-state index contributed by atoms with van der Waals surface area (Å²) in [6.45, 7) is 2.03. The third kappa shape index (κ3) is 2.33. The molecule has 0 aliphatic carbocycles. The number of hydrogen-bond acceptors (Lipinski definition) is 4. The Morgan fingerprint density at radius 2 is 2.33 bits per heavy atom. The van der Waals surface area contributed by atoms with Gasteiger partial charge in [-0.05, 0) is 24.1 Å². The molecule has 0 aliphatic rings. The van der Waals surface area contributed by atoms with E-state index in [1.165, 1.54) is 17.1 Å². The van der Waals surface area contributed by atoms with E-state index in [-0.39, 0.29) is 5.96 Å². The van der Waals surface area contributed by atoms with Gasteiger partial charge in [-0.2, -0.15) is 10.2 Å². The van der Waals surface area contributed by atoms with Crippen molar-refractivity contribution in [2.24, 2.45) is 0 Å². The number of hydrogen-bond donors (Lipinski definition) is 3. The lowest BCUT2D eigenvalue weighted by Crippen LogP contribution is -2.32. The number of nitrogens with zero attached hydrogens (tertiary/aromatic N) is 3. The second kappa shape index (κ2) is 4.89. The molecule has 2 aromatic rings. The number of rotatable bonds is 2. The second-order valence-corrected chi connectivity index (χ2v) is 3.88. The van der Waals surface area contributed by atoms with E-state index in [1.807, 2.05) is 25.1 Å². The minimum Gasteiger partial charge on any atom is -0.396 e. The average molecular weight is 245 g/mol. The third-order valence-corrected chi connectivity index (χ3v) is 2.58. The van der Waals surface area contributed by atoms with Crippen molar-refractivity contribution in [2.75, 3.05) is 10.8 Å². The molecule has 0 spiro atoms. The number of nitrogens with one attached hydrogen (secondary N) is 1. The van der Waals surface area contributed by atoms with Gasteiger partial charge in [0.1, 0.15) is 0 Å². The summed E-state index contributed by atoms with van der Waals surface area (Å²) in [6.07, 6.45) is 3.75. The summed E-state index contributed by atoms with van der Waals surface area (Å²) in [5.74, 6) is -0.181. The van der Waals surface area contributed by atoms with E-state index < -0.39 is 0 Å². The van der Waals surface area contributed by atoms with Crippen LogP contribution in [0, 0.1) is 5.41 Å². The number of benzene rings is 1. The van der Waals surface area contributed by atoms with Gasteiger partial charge in [-0.25, -0.2) is 4.68 Å². The summed E-state index contributed by atoms with van der Waals surface area (Å²) >= 11 is 0. The van der Waals surface area contributed by atoms with Gasteiger partial charge in [-0.15, -0.1) is 0 Å². The minimum atomic E-state index is -0.181. The van der Waals surface area contributed by atoms with Crippen LogP contribution < -0.4 is 10.8 Å². The predicted octanol–water partition coefficient (Wildman–Crippen LogP) is 1.71. The van der Waals surface area contributed by atoms with Crippen molar-refractivity contribution in [1.82, 2.24) is 9.78 Å². The maximum Gasteiger partial charge on any atom is 0.248 e. The quantitative estimate of drug-likeness (QED) is 0.426. The maximum atomic E-state index is 9.98. The van der Waals surface area contributed by atoms with Gasteiger partial charge in [0, 0.05) is 0 Å². The number of anilines is 2. The van der Waals surface area contributed by atoms with Gasteiger partial charge >= 0.3 is 0 Å². The Labute approximate surface area is 105 Å². The Bertz CT molecular complexity index is 563. The molecule has 1 heterocycles. The molecule has 0 radical (unpaired) electrons. The van der Waals surface area contributed by atoms with Crippen LogP contribution in [0.25, 0.3) is 0 Å². The molecule has 4 N–H and O–H groups in total. The highest BCUT2D eigenvalue weighted by Gasteiger charge is 2.12. The van der Waals surface area contributed by atoms with Crippen LogP contribution in [-0.2, 0) is 6.42 Å². The van der Waals surface area contributed by atoms with Crippen LogP contribution in [0.2, 0.25) is 0 Å². The van der Waals surface area contributed by atoms with Gasteiger partial charge in [-0.3, -0.25) is 10.6 Å². The van der Waals surface area contributed by atoms with E-state index >= 15 is 0 Å². The first-order valence-electron chi connectivity index (χ1n) is 5.59. The van der Waals surface area contributed by atoms with Crippen molar-refractivity contribution < 1.29 is 5.21 Å². The fourth-order valence-corrected chi connectivity index (χ4v) is 1.58. The van der Waals surface area contributed by atoms with Crippen LogP contribution in [-0.4, -0.2) is 20.9 Å². The largest absolute Gasteiger partial charge is 0.396 e. The van der Waals surface area contributed by atoms with Crippen molar-refractivity contribution in [1.29, 1.82) is 5.41 Å². The molecule has 0 saturated carbocycles. The molecule has 0 bridgehead atoms. The lowest BCUT2D eigenvalue weighted by Gasteiger charge is -2.17.